The summed E-state index contributed by atoms with van der Waals surface area (Å²) in [4.78, 5) is 2.41. The Morgan fingerprint density at radius 2 is 1.68 bits per heavy atom. The minimum Gasteiger partial charge on any atom is -0.494 e. The number of benzene rings is 2. The predicted molar refractivity (Wildman–Crippen MR) is 113 cm³/mol. The van der Waals surface area contributed by atoms with Gasteiger partial charge in [0.25, 0.3) is 0 Å². The average molecular weight is 384 g/mol. The van der Waals surface area contributed by atoms with E-state index in [0.717, 1.165) is 44.2 Å². The molecule has 0 unspecified atom stereocenters. The highest BCUT2D eigenvalue weighted by atomic mass is 16.5. The SMILES string of the molecule is CCOc1ccc([C@](O)(C(C)C)[C@H](CN2CCOCC2)c2ccccc2)cc1. The van der Waals surface area contributed by atoms with Gasteiger partial charge in [0, 0.05) is 25.6 Å². The molecule has 0 saturated carbocycles. The minimum atomic E-state index is -0.982. The van der Waals surface area contributed by atoms with E-state index in [9.17, 15) is 5.11 Å². The maximum absolute atomic E-state index is 12.1. The van der Waals surface area contributed by atoms with Crippen LogP contribution in [0.5, 0.6) is 5.75 Å². The molecule has 4 heteroatoms. The van der Waals surface area contributed by atoms with E-state index in [1.54, 1.807) is 0 Å². The van der Waals surface area contributed by atoms with Crippen LogP contribution < -0.4 is 4.74 Å². The van der Waals surface area contributed by atoms with Gasteiger partial charge < -0.3 is 14.6 Å². The van der Waals surface area contributed by atoms with Crippen LogP contribution in [0.1, 0.15) is 37.8 Å². The van der Waals surface area contributed by atoms with Crippen LogP contribution in [0, 0.1) is 5.92 Å². The molecule has 2 atom stereocenters. The maximum atomic E-state index is 12.1. The van der Waals surface area contributed by atoms with Crippen molar-refractivity contribution in [3.63, 3.8) is 0 Å². The molecule has 3 rings (SSSR count). The van der Waals surface area contributed by atoms with E-state index in [1.807, 2.05) is 37.3 Å². The minimum absolute atomic E-state index is 0.0373. The first-order valence-corrected chi connectivity index (χ1v) is 10.4. The molecule has 152 valence electrons. The van der Waals surface area contributed by atoms with Gasteiger partial charge in [-0.2, -0.15) is 0 Å². The third-order valence-corrected chi connectivity index (χ3v) is 5.79. The fourth-order valence-electron chi connectivity index (χ4n) is 4.15. The van der Waals surface area contributed by atoms with E-state index in [-0.39, 0.29) is 11.8 Å². The Morgan fingerprint density at radius 3 is 2.25 bits per heavy atom. The van der Waals surface area contributed by atoms with Crippen LogP contribution in [0.3, 0.4) is 0 Å². The Bertz CT molecular complexity index is 710. The van der Waals surface area contributed by atoms with Gasteiger partial charge in [0.2, 0.25) is 0 Å². The van der Waals surface area contributed by atoms with Gasteiger partial charge >= 0.3 is 0 Å². The highest BCUT2D eigenvalue weighted by molar-refractivity contribution is 5.36. The van der Waals surface area contributed by atoms with E-state index in [0.29, 0.717) is 6.61 Å². The van der Waals surface area contributed by atoms with Crippen molar-refractivity contribution in [1.29, 1.82) is 0 Å². The summed E-state index contributed by atoms with van der Waals surface area (Å²) in [6.45, 7) is 10.9. The second kappa shape index (κ2) is 9.55. The van der Waals surface area contributed by atoms with E-state index >= 15 is 0 Å². The molecule has 0 aliphatic carbocycles. The molecule has 28 heavy (non-hydrogen) atoms. The predicted octanol–water partition coefficient (Wildman–Crippen LogP) is 4.04. The summed E-state index contributed by atoms with van der Waals surface area (Å²) in [5.41, 5.74) is 1.12. The molecule has 2 aromatic rings. The van der Waals surface area contributed by atoms with Gasteiger partial charge in [0.05, 0.1) is 25.4 Å². The number of ether oxygens (including phenoxy) is 2. The van der Waals surface area contributed by atoms with Crippen LogP contribution in [0.15, 0.2) is 54.6 Å². The quantitative estimate of drug-likeness (QED) is 0.747. The van der Waals surface area contributed by atoms with E-state index in [4.69, 9.17) is 9.47 Å². The van der Waals surface area contributed by atoms with Gasteiger partial charge in [-0.1, -0.05) is 56.3 Å². The molecule has 2 aromatic carbocycles. The first-order chi connectivity index (χ1) is 13.6. The molecule has 0 aromatic heterocycles. The number of hydrogen-bond acceptors (Lipinski definition) is 4. The lowest BCUT2D eigenvalue weighted by Crippen LogP contribution is -2.47. The highest BCUT2D eigenvalue weighted by Gasteiger charge is 2.43. The summed E-state index contributed by atoms with van der Waals surface area (Å²) >= 11 is 0. The molecule has 1 fully saturated rings. The van der Waals surface area contributed by atoms with Crippen LogP contribution in [0.2, 0.25) is 0 Å². The Labute approximate surface area is 169 Å². The van der Waals surface area contributed by atoms with Crippen molar-refractivity contribution >= 4 is 0 Å². The van der Waals surface area contributed by atoms with Crippen LogP contribution in [0.25, 0.3) is 0 Å². The summed E-state index contributed by atoms with van der Waals surface area (Å²) in [6, 6.07) is 18.4. The van der Waals surface area contributed by atoms with Crippen molar-refractivity contribution in [2.45, 2.75) is 32.3 Å². The summed E-state index contributed by atoms with van der Waals surface area (Å²) in [6.07, 6.45) is 0. The lowest BCUT2D eigenvalue weighted by molar-refractivity contribution is -0.0547. The number of morpholine rings is 1. The molecule has 1 aliphatic heterocycles. The molecule has 1 aliphatic rings. The molecule has 0 radical (unpaired) electrons. The van der Waals surface area contributed by atoms with Gasteiger partial charge in [0.1, 0.15) is 5.75 Å². The topological polar surface area (TPSA) is 41.9 Å². The molecular formula is C24H33NO3. The van der Waals surface area contributed by atoms with Gasteiger partial charge in [0.15, 0.2) is 0 Å². The first kappa shape index (κ1) is 20.8. The van der Waals surface area contributed by atoms with Gasteiger partial charge in [-0.25, -0.2) is 0 Å². The Morgan fingerprint density at radius 1 is 1.04 bits per heavy atom. The lowest BCUT2D eigenvalue weighted by Gasteiger charge is -2.43. The third-order valence-electron chi connectivity index (χ3n) is 5.79. The second-order valence-corrected chi connectivity index (χ2v) is 7.81. The van der Waals surface area contributed by atoms with Crippen molar-refractivity contribution in [2.75, 3.05) is 39.5 Å². The van der Waals surface area contributed by atoms with Crippen molar-refractivity contribution in [3.05, 3.63) is 65.7 Å². The van der Waals surface area contributed by atoms with E-state index < -0.39 is 5.60 Å². The Kier molecular flexibility index (Phi) is 7.11. The smallest absolute Gasteiger partial charge is 0.119 e. The molecule has 0 amide bonds. The standard InChI is InChI=1S/C24H33NO3/c1-4-28-22-12-10-21(11-13-22)24(26,19(2)3)23(20-8-6-5-7-9-20)18-25-14-16-27-17-15-25/h5-13,19,23,26H,4,14-18H2,1-3H3/t23-,24-/m1/s1. The van der Waals surface area contributed by atoms with Crippen molar-refractivity contribution < 1.29 is 14.6 Å². The number of aliphatic hydroxyl groups is 1. The van der Waals surface area contributed by atoms with Crippen LogP contribution in [0.4, 0.5) is 0 Å². The summed E-state index contributed by atoms with van der Waals surface area (Å²) < 4.78 is 11.1. The average Bonchev–Trinajstić information content (AvgIpc) is 2.73. The van der Waals surface area contributed by atoms with Crippen LogP contribution >= 0.6 is 0 Å². The Hall–Kier alpha value is -1.88. The maximum Gasteiger partial charge on any atom is 0.119 e. The fraction of sp³-hybridized carbons (Fsp3) is 0.500. The largest absolute Gasteiger partial charge is 0.494 e. The van der Waals surface area contributed by atoms with Crippen LogP contribution in [-0.2, 0) is 10.3 Å². The molecule has 0 bridgehead atoms. The van der Waals surface area contributed by atoms with Crippen molar-refractivity contribution in [2.24, 2.45) is 5.92 Å². The van der Waals surface area contributed by atoms with Gasteiger partial charge in [-0.05, 0) is 36.1 Å². The summed E-state index contributed by atoms with van der Waals surface area (Å²) in [7, 11) is 0. The number of rotatable bonds is 8. The molecule has 1 heterocycles. The van der Waals surface area contributed by atoms with Gasteiger partial charge in [-0.3, -0.25) is 4.90 Å². The summed E-state index contributed by atoms with van der Waals surface area (Å²) in [5, 5.41) is 12.1. The Balaban J connectivity index is 1.99. The lowest BCUT2D eigenvalue weighted by atomic mass is 9.70. The van der Waals surface area contributed by atoms with E-state index in [2.05, 4.69) is 43.0 Å². The molecular weight excluding hydrogens is 350 g/mol. The van der Waals surface area contributed by atoms with Gasteiger partial charge in [-0.15, -0.1) is 0 Å². The zero-order valence-electron chi connectivity index (χ0n) is 17.3. The number of hydrogen-bond donors (Lipinski definition) is 1. The zero-order chi connectivity index (χ0) is 20.0. The van der Waals surface area contributed by atoms with Crippen molar-refractivity contribution in [1.82, 2.24) is 4.90 Å². The zero-order valence-corrected chi connectivity index (χ0v) is 17.3. The molecule has 1 N–H and O–H groups in total. The first-order valence-electron chi connectivity index (χ1n) is 10.4. The molecule has 0 spiro atoms. The normalized spacial score (nSPS) is 18.6. The highest BCUT2D eigenvalue weighted by Crippen LogP contribution is 2.43. The van der Waals surface area contributed by atoms with Crippen LogP contribution in [-0.4, -0.2) is 49.5 Å². The van der Waals surface area contributed by atoms with E-state index in [1.165, 1.54) is 5.56 Å². The fourth-order valence-corrected chi connectivity index (χ4v) is 4.15. The molecule has 1 saturated heterocycles. The third kappa shape index (κ3) is 4.57. The second-order valence-electron chi connectivity index (χ2n) is 7.81. The number of nitrogens with zero attached hydrogens (tertiary/aromatic N) is 1. The monoisotopic (exact) mass is 383 g/mol. The van der Waals surface area contributed by atoms with Crippen molar-refractivity contribution in [3.8, 4) is 5.75 Å². The molecule has 4 nitrogen and oxygen atoms in total. The summed E-state index contributed by atoms with van der Waals surface area (Å²) in [5.74, 6) is 0.850.